The summed E-state index contributed by atoms with van der Waals surface area (Å²) < 4.78 is 51.2. The summed E-state index contributed by atoms with van der Waals surface area (Å²) in [5, 5.41) is 0.514. The van der Waals surface area contributed by atoms with Crippen LogP contribution in [0.1, 0.15) is 11.1 Å². The van der Waals surface area contributed by atoms with Crippen molar-refractivity contribution < 1.29 is 17.6 Å². The zero-order chi connectivity index (χ0) is 14.8. The molecule has 0 atom stereocenters. The van der Waals surface area contributed by atoms with Gasteiger partial charge in [0.05, 0.1) is 11.3 Å². The maximum Gasteiger partial charge on any atom is 0.418 e. The Hall–Kier alpha value is -1.88. The summed E-state index contributed by atoms with van der Waals surface area (Å²) in [6, 6.07) is 8.77. The third kappa shape index (κ3) is 3.57. The molecule has 104 valence electrons. The second kappa shape index (κ2) is 5.63. The average molecular weight is 302 g/mol. The monoisotopic (exact) mass is 301 g/mol. The molecule has 0 N–H and O–H groups in total. The van der Waals surface area contributed by atoms with Crippen molar-refractivity contribution in [2.45, 2.75) is 6.18 Å². The van der Waals surface area contributed by atoms with E-state index in [9.17, 15) is 17.6 Å². The first-order valence-corrected chi connectivity index (χ1v) is 5.90. The van der Waals surface area contributed by atoms with Gasteiger partial charge in [0.1, 0.15) is 5.82 Å². The Labute approximate surface area is 117 Å². The molecule has 2 aromatic rings. The first-order chi connectivity index (χ1) is 9.36. The summed E-state index contributed by atoms with van der Waals surface area (Å²) in [4.78, 5) is 3.76. The summed E-state index contributed by atoms with van der Waals surface area (Å²) in [6.45, 7) is 0. The van der Waals surface area contributed by atoms with Crippen molar-refractivity contribution in [2.75, 3.05) is 0 Å². The second-order valence-corrected chi connectivity index (χ2v) is 4.41. The summed E-state index contributed by atoms with van der Waals surface area (Å²) in [6.07, 6.45) is -3.40. The highest BCUT2D eigenvalue weighted by Gasteiger charge is 2.33. The van der Waals surface area contributed by atoms with Crippen LogP contribution < -0.4 is 0 Å². The molecule has 0 spiro atoms. The quantitative estimate of drug-likeness (QED) is 0.531. The minimum Gasteiger partial charge on any atom is -0.256 e. The molecule has 0 bridgehead atoms. The molecule has 0 heterocycles. The topological polar surface area (TPSA) is 12.4 Å². The number of hydrogen-bond donors (Lipinski definition) is 0. The van der Waals surface area contributed by atoms with Crippen molar-refractivity contribution in [1.82, 2.24) is 0 Å². The molecule has 0 radical (unpaired) electrons. The molecule has 0 aromatic heterocycles. The van der Waals surface area contributed by atoms with Gasteiger partial charge in [-0.25, -0.2) is 4.39 Å². The summed E-state index contributed by atoms with van der Waals surface area (Å²) >= 11 is 5.70. The molecule has 0 aliphatic rings. The van der Waals surface area contributed by atoms with Crippen LogP contribution in [0.2, 0.25) is 5.02 Å². The number of alkyl halides is 3. The first kappa shape index (κ1) is 14.5. The molecule has 0 fully saturated rings. The van der Waals surface area contributed by atoms with Crippen LogP contribution in [0.3, 0.4) is 0 Å². The molecule has 0 aliphatic carbocycles. The van der Waals surface area contributed by atoms with Gasteiger partial charge in [-0.1, -0.05) is 23.7 Å². The maximum absolute atomic E-state index is 12.9. The second-order valence-electron chi connectivity index (χ2n) is 3.97. The lowest BCUT2D eigenvalue weighted by Gasteiger charge is -2.09. The number of rotatable bonds is 2. The molecular weight excluding hydrogens is 294 g/mol. The highest BCUT2D eigenvalue weighted by molar-refractivity contribution is 6.30. The minimum atomic E-state index is -4.66. The third-order valence-electron chi connectivity index (χ3n) is 2.49. The maximum atomic E-state index is 12.9. The molecule has 2 aromatic carbocycles. The highest BCUT2D eigenvalue weighted by Crippen LogP contribution is 2.36. The van der Waals surface area contributed by atoms with Crippen LogP contribution in [0, 0.1) is 5.82 Å². The van der Waals surface area contributed by atoms with E-state index < -0.39 is 17.6 Å². The van der Waals surface area contributed by atoms with Gasteiger partial charge in [-0.05, 0) is 35.9 Å². The number of benzene rings is 2. The third-order valence-corrected chi connectivity index (χ3v) is 2.74. The molecule has 1 nitrogen and oxygen atoms in total. The fourth-order valence-electron chi connectivity index (χ4n) is 1.54. The molecule has 0 saturated heterocycles. The smallest absolute Gasteiger partial charge is 0.256 e. The van der Waals surface area contributed by atoms with E-state index in [2.05, 4.69) is 4.99 Å². The van der Waals surface area contributed by atoms with Gasteiger partial charge in [0.25, 0.3) is 0 Å². The minimum absolute atomic E-state index is 0.339. The lowest BCUT2D eigenvalue weighted by Crippen LogP contribution is -2.05. The lowest BCUT2D eigenvalue weighted by molar-refractivity contribution is -0.137. The molecule has 0 saturated carbocycles. The standard InChI is InChI=1S/C14H8ClF4N/c15-10-3-1-9(2-4-10)8-20-13-6-5-11(16)7-12(13)14(17,18)19/h1-8H/b20-8+. The average Bonchev–Trinajstić information content (AvgIpc) is 2.38. The van der Waals surface area contributed by atoms with Crippen LogP contribution in [0.15, 0.2) is 47.5 Å². The van der Waals surface area contributed by atoms with Crippen LogP contribution >= 0.6 is 11.6 Å². The number of nitrogens with zero attached hydrogens (tertiary/aromatic N) is 1. The Balaban J connectivity index is 2.36. The zero-order valence-electron chi connectivity index (χ0n) is 9.96. The Morgan fingerprint density at radius 2 is 1.65 bits per heavy atom. The van der Waals surface area contributed by atoms with E-state index in [4.69, 9.17) is 11.6 Å². The molecule has 0 unspecified atom stereocenters. The van der Waals surface area contributed by atoms with Gasteiger partial charge < -0.3 is 0 Å². The highest BCUT2D eigenvalue weighted by atomic mass is 35.5. The molecule has 0 aliphatic heterocycles. The van der Waals surface area contributed by atoms with E-state index in [0.29, 0.717) is 16.7 Å². The Morgan fingerprint density at radius 1 is 1.00 bits per heavy atom. The van der Waals surface area contributed by atoms with Gasteiger partial charge in [-0.2, -0.15) is 13.2 Å². The van der Waals surface area contributed by atoms with E-state index in [1.165, 1.54) is 6.21 Å². The van der Waals surface area contributed by atoms with Crippen molar-refractivity contribution in [1.29, 1.82) is 0 Å². The van der Waals surface area contributed by atoms with E-state index >= 15 is 0 Å². The van der Waals surface area contributed by atoms with E-state index in [-0.39, 0.29) is 5.69 Å². The largest absolute Gasteiger partial charge is 0.418 e. The summed E-state index contributed by atoms with van der Waals surface area (Å²) in [5.41, 5.74) is -0.858. The summed E-state index contributed by atoms with van der Waals surface area (Å²) in [7, 11) is 0. The van der Waals surface area contributed by atoms with Gasteiger partial charge >= 0.3 is 6.18 Å². The number of halogens is 5. The van der Waals surface area contributed by atoms with Gasteiger partial charge in [-0.15, -0.1) is 0 Å². The van der Waals surface area contributed by atoms with Crippen molar-refractivity contribution in [3.05, 3.63) is 64.4 Å². The van der Waals surface area contributed by atoms with Crippen molar-refractivity contribution in [3.8, 4) is 0 Å². The van der Waals surface area contributed by atoms with Crippen LogP contribution in [-0.4, -0.2) is 6.21 Å². The number of hydrogen-bond acceptors (Lipinski definition) is 1. The zero-order valence-corrected chi connectivity index (χ0v) is 10.7. The van der Waals surface area contributed by atoms with Crippen LogP contribution in [0.25, 0.3) is 0 Å². The Morgan fingerprint density at radius 3 is 2.25 bits per heavy atom. The molecule has 2 rings (SSSR count). The van der Waals surface area contributed by atoms with Gasteiger partial charge in [0.15, 0.2) is 0 Å². The summed E-state index contributed by atoms with van der Waals surface area (Å²) in [5.74, 6) is -0.956. The first-order valence-electron chi connectivity index (χ1n) is 5.52. The van der Waals surface area contributed by atoms with E-state index in [1.54, 1.807) is 24.3 Å². The van der Waals surface area contributed by atoms with Gasteiger partial charge in [-0.3, -0.25) is 4.99 Å². The van der Waals surface area contributed by atoms with E-state index in [1.807, 2.05) is 0 Å². The molecule has 6 heteroatoms. The molecule has 20 heavy (non-hydrogen) atoms. The number of aliphatic imine (C=N–C) groups is 1. The lowest BCUT2D eigenvalue weighted by atomic mass is 10.1. The van der Waals surface area contributed by atoms with Gasteiger partial charge in [0, 0.05) is 11.2 Å². The Bertz CT molecular complexity index is 633. The predicted octanol–water partition coefficient (Wildman–Crippen LogP) is 5.25. The molecular formula is C14H8ClF4N. The Kier molecular flexibility index (Phi) is 4.09. The van der Waals surface area contributed by atoms with Crippen molar-refractivity contribution in [2.24, 2.45) is 4.99 Å². The van der Waals surface area contributed by atoms with Crippen LogP contribution in [-0.2, 0) is 6.18 Å². The fourth-order valence-corrected chi connectivity index (χ4v) is 1.67. The van der Waals surface area contributed by atoms with Crippen molar-refractivity contribution in [3.63, 3.8) is 0 Å². The SMILES string of the molecule is Fc1ccc(/N=C/c2ccc(Cl)cc2)c(C(F)(F)F)c1. The fraction of sp³-hybridized carbons (Fsp3) is 0.0714. The van der Waals surface area contributed by atoms with E-state index in [0.717, 1.165) is 12.1 Å². The predicted molar refractivity (Wildman–Crippen MR) is 70.1 cm³/mol. The molecule has 0 amide bonds. The van der Waals surface area contributed by atoms with Crippen LogP contribution in [0.5, 0.6) is 0 Å². The van der Waals surface area contributed by atoms with Crippen molar-refractivity contribution >= 4 is 23.5 Å². The van der Waals surface area contributed by atoms with Crippen LogP contribution in [0.4, 0.5) is 23.2 Å². The van der Waals surface area contributed by atoms with Gasteiger partial charge in [0.2, 0.25) is 0 Å². The normalized spacial score (nSPS) is 12.1.